The summed E-state index contributed by atoms with van der Waals surface area (Å²) in [6.45, 7) is 6.28. The number of fused-ring (bicyclic) bond motifs is 1. The number of nitrogens with zero attached hydrogens (tertiary/aromatic N) is 3. The molecule has 1 atom stereocenters. The number of hydrogen-bond acceptors (Lipinski definition) is 6. The van der Waals surface area contributed by atoms with Gasteiger partial charge in [0.2, 0.25) is 5.82 Å². The van der Waals surface area contributed by atoms with Crippen molar-refractivity contribution in [2.24, 2.45) is 5.92 Å². The molecule has 0 amide bonds. The van der Waals surface area contributed by atoms with Gasteiger partial charge in [0.15, 0.2) is 0 Å². The molecule has 7 nitrogen and oxygen atoms in total. The Morgan fingerprint density at radius 3 is 2.62 bits per heavy atom. The van der Waals surface area contributed by atoms with E-state index in [1.807, 2.05) is 61.9 Å². The van der Waals surface area contributed by atoms with Crippen LogP contribution in [0, 0.1) is 5.92 Å². The third-order valence-electron chi connectivity index (χ3n) is 5.07. The molecule has 2 aromatic carbocycles. The summed E-state index contributed by atoms with van der Waals surface area (Å²) in [5.74, 6) is 1.01. The van der Waals surface area contributed by atoms with E-state index in [-0.39, 0.29) is 18.0 Å². The highest BCUT2D eigenvalue weighted by Crippen LogP contribution is 2.32. The molecule has 4 rings (SSSR count). The van der Waals surface area contributed by atoms with Crippen LogP contribution in [0.4, 0.5) is 0 Å². The molecule has 0 aliphatic carbocycles. The Labute approximate surface area is 190 Å². The van der Waals surface area contributed by atoms with Crippen molar-refractivity contribution in [3.8, 4) is 28.6 Å². The standard InChI is InChI=1S/C24H24ClN3O4/c1-14(2)31-21-8-6-18(12-19(21)25)23-26-22(27-32-23)17-5-7-20-16(11-17)9-10-28(20)13-15(3)24(29)30-4/h5-12,14-15H,13H2,1-4H3. The minimum Gasteiger partial charge on any atom is -0.489 e. The van der Waals surface area contributed by atoms with Crippen LogP contribution in [0.15, 0.2) is 53.2 Å². The number of carbonyl (C=O) groups excluding carboxylic acids is 1. The molecule has 4 aromatic rings. The molecule has 0 saturated carbocycles. The summed E-state index contributed by atoms with van der Waals surface area (Å²) >= 11 is 6.33. The Bertz CT molecular complexity index is 1260. The Morgan fingerprint density at radius 2 is 1.91 bits per heavy atom. The first-order chi connectivity index (χ1) is 15.4. The number of carbonyl (C=O) groups is 1. The highest BCUT2D eigenvalue weighted by molar-refractivity contribution is 6.32. The second-order valence-corrected chi connectivity index (χ2v) is 8.31. The molecule has 2 aromatic heterocycles. The van der Waals surface area contributed by atoms with E-state index < -0.39 is 0 Å². The van der Waals surface area contributed by atoms with Gasteiger partial charge in [0.05, 0.1) is 24.2 Å². The summed E-state index contributed by atoms with van der Waals surface area (Å²) in [5.41, 5.74) is 2.56. The van der Waals surface area contributed by atoms with Gasteiger partial charge >= 0.3 is 5.97 Å². The minimum absolute atomic E-state index is 0.0295. The first-order valence-electron chi connectivity index (χ1n) is 10.3. The maximum Gasteiger partial charge on any atom is 0.310 e. The third kappa shape index (κ3) is 4.48. The van der Waals surface area contributed by atoms with E-state index in [0.717, 1.165) is 16.5 Å². The van der Waals surface area contributed by atoms with Crippen LogP contribution in [0.5, 0.6) is 5.75 Å². The number of rotatable bonds is 7. The smallest absolute Gasteiger partial charge is 0.310 e. The summed E-state index contributed by atoms with van der Waals surface area (Å²) in [6.07, 6.45) is 1.99. The highest BCUT2D eigenvalue weighted by atomic mass is 35.5. The molecule has 0 fully saturated rings. The fourth-order valence-electron chi connectivity index (χ4n) is 3.51. The summed E-state index contributed by atoms with van der Waals surface area (Å²) < 4.78 is 18.0. The molecule has 2 heterocycles. The lowest BCUT2D eigenvalue weighted by molar-refractivity contribution is -0.145. The molecule has 0 N–H and O–H groups in total. The Hall–Kier alpha value is -3.32. The molecule has 0 radical (unpaired) electrons. The van der Waals surface area contributed by atoms with E-state index in [1.165, 1.54) is 7.11 Å². The van der Waals surface area contributed by atoms with Crippen LogP contribution in [0.1, 0.15) is 20.8 Å². The first-order valence-corrected chi connectivity index (χ1v) is 10.7. The average Bonchev–Trinajstić information content (AvgIpc) is 3.41. The van der Waals surface area contributed by atoms with Crippen molar-refractivity contribution in [1.29, 1.82) is 0 Å². The monoisotopic (exact) mass is 453 g/mol. The number of hydrogen-bond donors (Lipinski definition) is 0. The fraction of sp³-hybridized carbons (Fsp3) is 0.292. The van der Waals surface area contributed by atoms with Gasteiger partial charge in [-0.2, -0.15) is 4.98 Å². The van der Waals surface area contributed by atoms with E-state index in [0.29, 0.717) is 34.6 Å². The van der Waals surface area contributed by atoms with Gasteiger partial charge in [0.25, 0.3) is 5.89 Å². The molecule has 1 unspecified atom stereocenters. The average molecular weight is 454 g/mol. The van der Waals surface area contributed by atoms with E-state index in [1.54, 1.807) is 12.1 Å². The predicted molar refractivity (Wildman–Crippen MR) is 123 cm³/mol. The van der Waals surface area contributed by atoms with Gasteiger partial charge < -0.3 is 18.6 Å². The summed E-state index contributed by atoms with van der Waals surface area (Å²) in [5, 5.41) is 5.63. The van der Waals surface area contributed by atoms with Gasteiger partial charge in [-0.15, -0.1) is 0 Å². The van der Waals surface area contributed by atoms with Gasteiger partial charge in [-0.1, -0.05) is 23.7 Å². The molecule has 166 valence electrons. The second-order valence-electron chi connectivity index (χ2n) is 7.90. The zero-order chi connectivity index (χ0) is 22.8. The predicted octanol–water partition coefficient (Wildman–Crippen LogP) is 5.61. The van der Waals surface area contributed by atoms with Crippen molar-refractivity contribution in [3.63, 3.8) is 0 Å². The first kappa shape index (κ1) is 21.9. The van der Waals surface area contributed by atoms with Crippen LogP contribution in [-0.2, 0) is 16.1 Å². The summed E-state index contributed by atoms with van der Waals surface area (Å²) in [4.78, 5) is 16.3. The number of benzene rings is 2. The van der Waals surface area contributed by atoms with Crippen LogP contribution in [0.2, 0.25) is 5.02 Å². The molecule has 8 heteroatoms. The Balaban J connectivity index is 1.57. The van der Waals surface area contributed by atoms with E-state index in [2.05, 4.69) is 10.1 Å². The van der Waals surface area contributed by atoms with Crippen molar-refractivity contribution in [3.05, 3.63) is 53.7 Å². The number of ether oxygens (including phenoxy) is 2. The zero-order valence-electron chi connectivity index (χ0n) is 18.3. The lowest BCUT2D eigenvalue weighted by Gasteiger charge is -2.11. The minimum atomic E-state index is -0.237. The highest BCUT2D eigenvalue weighted by Gasteiger charge is 2.16. The lowest BCUT2D eigenvalue weighted by Crippen LogP contribution is -2.18. The molecular formula is C24H24ClN3O4. The van der Waals surface area contributed by atoms with Gasteiger partial charge in [-0.25, -0.2) is 0 Å². The van der Waals surface area contributed by atoms with E-state index in [9.17, 15) is 4.79 Å². The lowest BCUT2D eigenvalue weighted by atomic mass is 10.1. The van der Waals surface area contributed by atoms with Crippen LogP contribution in [0.25, 0.3) is 33.7 Å². The van der Waals surface area contributed by atoms with E-state index >= 15 is 0 Å². The van der Waals surface area contributed by atoms with Crippen LogP contribution < -0.4 is 4.74 Å². The SMILES string of the molecule is COC(=O)C(C)Cn1ccc2cc(-c3noc(-c4ccc(OC(C)C)c(Cl)c4)n3)ccc21. The maximum absolute atomic E-state index is 11.7. The number of aromatic nitrogens is 3. The second kappa shape index (κ2) is 9.04. The molecule has 0 bridgehead atoms. The van der Waals surface area contributed by atoms with Crippen molar-refractivity contribution in [2.45, 2.75) is 33.4 Å². The van der Waals surface area contributed by atoms with Crippen molar-refractivity contribution in [2.75, 3.05) is 7.11 Å². The molecule has 0 saturated heterocycles. The van der Waals surface area contributed by atoms with Gasteiger partial charge in [0.1, 0.15) is 5.75 Å². The summed E-state index contributed by atoms with van der Waals surface area (Å²) in [7, 11) is 1.40. The van der Waals surface area contributed by atoms with Crippen molar-refractivity contribution in [1.82, 2.24) is 14.7 Å². The third-order valence-corrected chi connectivity index (χ3v) is 5.37. The number of halogens is 1. The molecule has 0 aliphatic rings. The number of methoxy groups -OCH3 is 1. The van der Waals surface area contributed by atoms with Gasteiger partial charge in [0, 0.05) is 34.8 Å². The topological polar surface area (TPSA) is 79.4 Å². The maximum atomic E-state index is 11.7. The normalized spacial score (nSPS) is 12.3. The Kier molecular flexibility index (Phi) is 6.19. The van der Waals surface area contributed by atoms with Crippen LogP contribution in [-0.4, -0.2) is 33.9 Å². The van der Waals surface area contributed by atoms with Crippen LogP contribution in [0.3, 0.4) is 0 Å². The molecule has 0 spiro atoms. The summed E-state index contributed by atoms with van der Waals surface area (Å²) in [6, 6.07) is 13.3. The number of esters is 1. The largest absolute Gasteiger partial charge is 0.489 e. The Morgan fingerprint density at radius 1 is 1.12 bits per heavy atom. The molecule has 32 heavy (non-hydrogen) atoms. The van der Waals surface area contributed by atoms with Gasteiger partial charge in [-0.3, -0.25) is 4.79 Å². The molecular weight excluding hydrogens is 430 g/mol. The quantitative estimate of drug-likeness (QED) is 0.338. The fourth-order valence-corrected chi connectivity index (χ4v) is 3.74. The van der Waals surface area contributed by atoms with E-state index in [4.69, 9.17) is 25.6 Å². The van der Waals surface area contributed by atoms with Crippen LogP contribution >= 0.6 is 11.6 Å². The van der Waals surface area contributed by atoms with Crippen molar-refractivity contribution >= 4 is 28.5 Å². The van der Waals surface area contributed by atoms with Gasteiger partial charge in [-0.05, 0) is 56.3 Å². The van der Waals surface area contributed by atoms with Crippen molar-refractivity contribution < 1.29 is 18.8 Å². The molecule has 0 aliphatic heterocycles. The zero-order valence-corrected chi connectivity index (χ0v) is 19.1.